The molecule has 5 heteroatoms. The van der Waals surface area contributed by atoms with Crippen molar-refractivity contribution in [2.45, 2.75) is 20.0 Å². The van der Waals surface area contributed by atoms with Gasteiger partial charge in [0.25, 0.3) is 0 Å². The normalized spacial score (nSPS) is 12.3. The molecule has 1 heterocycles. The van der Waals surface area contributed by atoms with Gasteiger partial charge in [0.1, 0.15) is 5.75 Å². The van der Waals surface area contributed by atoms with E-state index in [1.807, 2.05) is 43.3 Å². The largest absolute Gasteiger partial charge is 0.497 e. The van der Waals surface area contributed by atoms with Gasteiger partial charge in [-0.15, -0.1) is 0 Å². The number of ether oxygens (including phenoxy) is 2. The number of hydrogen-bond acceptors (Lipinski definition) is 4. The number of carbonyl (C=O) groups excluding carboxylic acids is 2. The van der Waals surface area contributed by atoms with E-state index in [1.54, 1.807) is 32.2 Å². The first kappa shape index (κ1) is 18.5. The Balaban J connectivity index is 1.69. The summed E-state index contributed by atoms with van der Waals surface area (Å²) in [7, 11) is 1.59. The lowest BCUT2D eigenvalue weighted by Crippen LogP contribution is -2.24. The monoisotopic (exact) mass is 363 g/mol. The molecule has 0 aliphatic heterocycles. The number of Topliss-reactive ketones (excluding diaryl/α,β-unsaturated/α-hetero) is 1. The van der Waals surface area contributed by atoms with E-state index in [1.165, 1.54) is 6.08 Å². The van der Waals surface area contributed by atoms with Crippen LogP contribution in [0.5, 0.6) is 5.75 Å². The van der Waals surface area contributed by atoms with Gasteiger partial charge in [0, 0.05) is 28.2 Å². The molecule has 1 N–H and O–H groups in total. The third kappa shape index (κ3) is 4.08. The molecule has 0 aliphatic rings. The van der Waals surface area contributed by atoms with E-state index in [-0.39, 0.29) is 5.78 Å². The molecule has 0 amide bonds. The molecule has 27 heavy (non-hydrogen) atoms. The summed E-state index contributed by atoms with van der Waals surface area (Å²) in [5, 5.41) is 0.830. The van der Waals surface area contributed by atoms with Gasteiger partial charge in [0.05, 0.1) is 7.11 Å². The maximum atomic E-state index is 12.8. The van der Waals surface area contributed by atoms with Crippen molar-refractivity contribution in [1.82, 2.24) is 4.98 Å². The molecular formula is C22H21NO4. The van der Waals surface area contributed by atoms with Gasteiger partial charge in [0.2, 0.25) is 5.78 Å². The number of rotatable bonds is 6. The number of aromatic amines is 1. The predicted octanol–water partition coefficient (Wildman–Crippen LogP) is 4.31. The van der Waals surface area contributed by atoms with E-state index in [4.69, 9.17) is 9.47 Å². The van der Waals surface area contributed by atoms with Gasteiger partial charge in [-0.3, -0.25) is 4.79 Å². The van der Waals surface area contributed by atoms with Crippen LogP contribution in [-0.4, -0.2) is 30.0 Å². The zero-order chi connectivity index (χ0) is 19.4. The van der Waals surface area contributed by atoms with Crippen molar-refractivity contribution in [2.24, 2.45) is 0 Å². The third-order valence-electron chi connectivity index (χ3n) is 4.33. The third-order valence-corrected chi connectivity index (χ3v) is 4.33. The summed E-state index contributed by atoms with van der Waals surface area (Å²) in [6, 6.07) is 14.8. The van der Waals surface area contributed by atoms with Crippen molar-refractivity contribution in [1.29, 1.82) is 0 Å². The molecule has 3 rings (SSSR count). The first-order valence-electron chi connectivity index (χ1n) is 8.64. The van der Waals surface area contributed by atoms with E-state index in [9.17, 15) is 9.59 Å². The molecular weight excluding hydrogens is 342 g/mol. The topological polar surface area (TPSA) is 68.4 Å². The van der Waals surface area contributed by atoms with Crippen molar-refractivity contribution >= 4 is 28.7 Å². The van der Waals surface area contributed by atoms with E-state index in [0.29, 0.717) is 5.56 Å². The summed E-state index contributed by atoms with van der Waals surface area (Å²) in [6.45, 7) is 3.42. The van der Waals surface area contributed by atoms with Gasteiger partial charge in [-0.25, -0.2) is 4.79 Å². The van der Waals surface area contributed by atoms with Crippen LogP contribution in [0.4, 0.5) is 0 Å². The van der Waals surface area contributed by atoms with Crippen LogP contribution in [0.1, 0.15) is 28.5 Å². The minimum Gasteiger partial charge on any atom is -0.497 e. The first-order chi connectivity index (χ1) is 13.0. The summed E-state index contributed by atoms with van der Waals surface area (Å²) in [5.74, 6) is -0.0524. The van der Waals surface area contributed by atoms with Gasteiger partial charge in [-0.1, -0.05) is 30.3 Å². The minimum atomic E-state index is -0.879. The lowest BCUT2D eigenvalue weighted by atomic mass is 10.0. The van der Waals surface area contributed by atoms with E-state index in [2.05, 4.69) is 4.98 Å². The molecule has 0 spiro atoms. The van der Waals surface area contributed by atoms with Crippen molar-refractivity contribution in [3.05, 3.63) is 71.4 Å². The van der Waals surface area contributed by atoms with Gasteiger partial charge in [-0.05, 0) is 43.7 Å². The summed E-state index contributed by atoms with van der Waals surface area (Å²) in [5.41, 5.74) is 3.04. The van der Waals surface area contributed by atoms with Crippen molar-refractivity contribution in [2.75, 3.05) is 7.11 Å². The van der Waals surface area contributed by atoms with Gasteiger partial charge >= 0.3 is 5.97 Å². The number of aromatic nitrogens is 1. The summed E-state index contributed by atoms with van der Waals surface area (Å²) < 4.78 is 10.4. The Morgan fingerprint density at radius 2 is 1.78 bits per heavy atom. The lowest BCUT2D eigenvalue weighted by Gasteiger charge is -2.11. The fourth-order valence-corrected chi connectivity index (χ4v) is 2.94. The molecule has 1 aromatic heterocycles. The number of carbonyl (C=O) groups is 2. The lowest BCUT2D eigenvalue weighted by molar-refractivity contribution is -0.140. The van der Waals surface area contributed by atoms with Crippen molar-refractivity contribution in [3.63, 3.8) is 0 Å². The maximum Gasteiger partial charge on any atom is 0.331 e. The number of para-hydroxylation sites is 1. The van der Waals surface area contributed by atoms with Crippen LogP contribution in [-0.2, 0) is 9.53 Å². The molecule has 0 saturated carbocycles. The van der Waals surface area contributed by atoms with Crippen LogP contribution in [0, 0.1) is 6.92 Å². The van der Waals surface area contributed by atoms with Crippen molar-refractivity contribution < 1.29 is 19.1 Å². The second-order valence-electron chi connectivity index (χ2n) is 6.22. The smallest absolute Gasteiger partial charge is 0.331 e. The standard InChI is InChI=1S/C22H21NO4/c1-14-21(18-6-4-5-7-19(18)23-14)22(25)15(2)27-20(24)13-10-16-8-11-17(26-3)12-9-16/h4-13,15,23H,1-3H3/b13-10+/t15-/m0/s1. The Hall–Kier alpha value is -3.34. The Kier molecular flexibility index (Phi) is 5.41. The molecule has 3 aromatic rings. The molecule has 0 aliphatic carbocycles. The number of esters is 1. The Morgan fingerprint density at radius 1 is 1.07 bits per heavy atom. The molecule has 0 bridgehead atoms. The number of aryl methyl sites for hydroxylation is 1. The Bertz CT molecular complexity index is 999. The zero-order valence-electron chi connectivity index (χ0n) is 15.5. The molecule has 1 atom stereocenters. The summed E-state index contributed by atoms with van der Waals surface area (Å²) >= 11 is 0. The fraction of sp³-hybridized carbons (Fsp3) is 0.182. The number of H-pyrrole nitrogens is 1. The first-order valence-corrected chi connectivity index (χ1v) is 8.64. The molecule has 138 valence electrons. The van der Waals surface area contributed by atoms with Gasteiger partial charge in [0.15, 0.2) is 6.10 Å². The van der Waals surface area contributed by atoms with E-state index < -0.39 is 12.1 Å². The van der Waals surface area contributed by atoms with Gasteiger partial charge in [-0.2, -0.15) is 0 Å². The molecule has 0 unspecified atom stereocenters. The highest BCUT2D eigenvalue weighted by atomic mass is 16.5. The minimum absolute atomic E-state index is 0.226. The summed E-state index contributed by atoms with van der Waals surface area (Å²) in [4.78, 5) is 28.1. The maximum absolute atomic E-state index is 12.8. The average Bonchev–Trinajstić information content (AvgIpc) is 3.01. The Morgan fingerprint density at radius 3 is 2.48 bits per heavy atom. The number of nitrogens with one attached hydrogen (secondary N) is 1. The number of fused-ring (bicyclic) bond motifs is 1. The second-order valence-corrected chi connectivity index (χ2v) is 6.22. The highest BCUT2D eigenvalue weighted by Crippen LogP contribution is 2.24. The predicted molar refractivity (Wildman–Crippen MR) is 105 cm³/mol. The number of benzene rings is 2. The fourth-order valence-electron chi connectivity index (χ4n) is 2.94. The second kappa shape index (κ2) is 7.91. The van der Waals surface area contributed by atoms with Crippen LogP contribution in [0.2, 0.25) is 0 Å². The van der Waals surface area contributed by atoms with Gasteiger partial charge < -0.3 is 14.5 Å². The number of ketones is 1. The van der Waals surface area contributed by atoms with E-state index >= 15 is 0 Å². The molecule has 0 saturated heterocycles. The number of methoxy groups -OCH3 is 1. The quantitative estimate of drug-likeness (QED) is 0.402. The molecule has 2 aromatic carbocycles. The highest BCUT2D eigenvalue weighted by molar-refractivity contribution is 6.11. The van der Waals surface area contributed by atoms with Crippen LogP contribution in [0.25, 0.3) is 17.0 Å². The highest BCUT2D eigenvalue weighted by Gasteiger charge is 2.23. The average molecular weight is 363 g/mol. The zero-order valence-corrected chi connectivity index (χ0v) is 15.5. The summed E-state index contributed by atoms with van der Waals surface area (Å²) in [6.07, 6.45) is 2.07. The SMILES string of the molecule is COc1ccc(/C=C/C(=O)O[C@@H](C)C(=O)c2c(C)[nH]c3ccccc23)cc1. The van der Waals surface area contributed by atoms with Crippen LogP contribution in [0.15, 0.2) is 54.6 Å². The molecule has 0 fully saturated rings. The number of hydrogen-bond donors (Lipinski definition) is 1. The molecule has 5 nitrogen and oxygen atoms in total. The van der Waals surface area contributed by atoms with Crippen LogP contribution >= 0.6 is 0 Å². The van der Waals surface area contributed by atoms with Crippen molar-refractivity contribution in [3.8, 4) is 5.75 Å². The van der Waals surface area contributed by atoms with E-state index in [0.717, 1.165) is 27.9 Å². The van der Waals surface area contributed by atoms with Crippen LogP contribution in [0.3, 0.4) is 0 Å². The molecule has 0 radical (unpaired) electrons. The Labute approximate surface area is 157 Å². The van der Waals surface area contributed by atoms with Crippen LogP contribution < -0.4 is 4.74 Å².